The molecule has 1 aromatic rings. The standard InChI is InChI=1S/C31H46N2O11/c1-29(2,3)43-27(36)32-20(25(34)38-8)15-31(26(35)39-9)16-21-24(42-31)23(33(7)28(37)44-30(4,5)6)22(18-41-21)40-17-19-13-11-10-12-14-19/h10-14,20-24H,15-18H2,1-9H3,(H,32,36)/t20-,21+,22+,23+,24-,31+/m0/s1. The smallest absolute Gasteiger partial charge is 0.410 e. The number of fused-ring (bicyclic) bond motifs is 1. The molecule has 0 radical (unpaired) electrons. The van der Waals surface area contributed by atoms with Crippen LogP contribution in [0.15, 0.2) is 30.3 Å². The average molecular weight is 623 g/mol. The Labute approximate surface area is 258 Å². The number of esters is 2. The molecular weight excluding hydrogens is 576 g/mol. The maximum atomic E-state index is 13.4. The highest BCUT2D eigenvalue weighted by molar-refractivity contribution is 5.85. The summed E-state index contributed by atoms with van der Waals surface area (Å²) in [4.78, 5) is 53.5. The fourth-order valence-electron chi connectivity index (χ4n) is 5.29. The maximum absolute atomic E-state index is 13.4. The zero-order chi connectivity index (χ0) is 32.9. The summed E-state index contributed by atoms with van der Waals surface area (Å²) in [6.07, 6.45) is -4.12. The van der Waals surface area contributed by atoms with Crippen molar-refractivity contribution in [2.24, 2.45) is 0 Å². The molecule has 13 heteroatoms. The van der Waals surface area contributed by atoms with E-state index in [0.717, 1.165) is 12.7 Å². The van der Waals surface area contributed by atoms with Gasteiger partial charge in [-0.2, -0.15) is 0 Å². The number of rotatable bonds is 9. The first-order chi connectivity index (χ1) is 20.5. The van der Waals surface area contributed by atoms with Crippen molar-refractivity contribution in [2.75, 3.05) is 27.9 Å². The zero-order valence-electron chi connectivity index (χ0n) is 27.0. The molecule has 1 N–H and O–H groups in total. The summed E-state index contributed by atoms with van der Waals surface area (Å²) < 4.78 is 39.9. The van der Waals surface area contributed by atoms with E-state index in [9.17, 15) is 19.2 Å². The molecule has 0 bridgehead atoms. The Morgan fingerprint density at radius 2 is 1.64 bits per heavy atom. The van der Waals surface area contributed by atoms with Crippen LogP contribution in [-0.2, 0) is 49.4 Å². The molecule has 2 aliphatic heterocycles. The normalized spacial score (nSPS) is 25.7. The lowest BCUT2D eigenvalue weighted by Gasteiger charge is -2.43. The first-order valence-corrected chi connectivity index (χ1v) is 14.5. The summed E-state index contributed by atoms with van der Waals surface area (Å²) >= 11 is 0. The van der Waals surface area contributed by atoms with Crippen molar-refractivity contribution in [3.63, 3.8) is 0 Å². The Hall–Kier alpha value is -3.42. The van der Waals surface area contributed by atoms with Gasteiger partial charge in [-0.15, -0.1) is 0 Å². The molecule has 0 saturated carbocycles. The number of carbonyl (C=O) groups excluding carboxylic acids is 4. The summed E-state index contributed by atoms with van der Waals surface area (Å²) in [5.74, 6) is -1.60. The van der Waals surface area contributed by atoms with Gasteiger partial charge in [-0.1, -0.05) is 30.3 Å². The Balaban J connectivity index is 1.94. The molecule has 0 aliphatic carbocycles. The first-order valence-electron chi connectivity index (χ1n) is 14.5. The monoisotopic (exact) mass is 622 g/mol. The molecule has 2 heterocycles. The molecule has 44 heavy (non-hydrogen) atoms. The number of hydrogen-bond acceptors (Lipinski definition) is 11. The average Bonchev–Trinajstić information content (AvgIpc) is 3.32. The Kier molecular flexibility index (Phi) is 11.3. The molecule has 3 rings (SSSR count). The van der Waals surface area contributed by atoms with Crippen LogP contribution in [0.3, 0.4) is 0 Å². The van der Waals surface area contributed by atoms with Gasteiger partial charge in [0.2, 0.25) is 0 Å². The number of carbonyl (C=O) groups is 4. The predicted octanol–water partition coefficient (Wildman–Crippen LogP) is 3.36. The highest BCUT2D eigenvalue weighted by atomic mass is 16.6. The quantitative estimate of drug-likeness (QED) is 0.319. The fourth-order valence-corrected chi connectivity index (χ4v) is 5.29. The molecule has 0 spiro atoms. The van der Waals surface area contributed by atoms with Crippen LogP contribution in [0.5, 0.6) is 0 Å². The van der Waals surface area contributed by atoms with Crippen molar-refractivity contribution in [3.05, 3.63) is 35.9 Å². The fraction of sp³-hybridized carbons (Fsp3) is 0.677. The van der Waals surface area contributed by atoms with Gasteiger partial charge in [0.1, 0.15) is 29.5 Å². The van der Waals surface area contributed by atoms with Gasteiger partial charge >= 0.3 is 24.1 Å². The minimum Gasteiger partial charge on any atom is -0.467 e. The highest BCUT2D eigenvalue weighted by Crippen LogP contribution is 2.43. The largest absolute Gasteiger partial charge is 0.467 e. The number of ether oxygens (including phenoxy) is 7. The molecule has 0 unspecified atom stereocenters. The zero-order valence-corrected chi connectivity index (χ0v) is 27.0. The van der Waals surface area contributed by atoms with Crippen molar-refractivity contribution in [1.29, 1.82) is 0 Å². The number of hydrogen-bond donors (Lipinski definition) is 1. The molecule has 1 aromatic carbocycles. The second-order valence-corrected chi connectivity index (χ2v) is 13.0. The Morgan fingerprint density at radius 1 is 1.00 bits per heavy atom. The molecule has 2 amide bonds. The van der Waals surface area contributed by atoms with E-state index < -0.39 is 71.3 Å². The molecule has 0 aromatic heterocycles. The van der Waals surface area contributed by atoms with Crippen molar-refractivity contribution in [2.45, 2.75) is 108 Å². The molecule has 246 valence electrons. The van der Waals surface area contributed by atoms with Gasteiger partial charge in [-0.05, 0) is 47.1 Å². The third-order valence-corrected chi connectivity index (χ3v) is 7.15. The van der Waals surface area contributed by atoms with Crippen LogP contribution < -0.4 is 5.32 Å². The minimum absolute atomic E-state index is 0.0299. The summed E-state index contributed by atoms with van der Waals surface area (Å²) in [6, 6.07) is 7.43. The number of nitrogens with one attached hydrogen (secondary N) is 1. The topological polar surface area (TPSA) is 148 Å². The molecule has 2 fully saturated rings. The maximum Gasteiger partial charge on any atom is 0.410 e. The van der Waals surface area contributed by atoms with E-state index in [0.29, 0.717) is 0 Å². The Bertz CT molecular complexity index is 1160. The van der Waals surface area contributed by atoms with Crippen LogP contribution in [0.4, 0.5) is 9.59 Å². The number of methoxy groups -OCH3 is 2. The van der Waals surface area contributed by atoms with Crippen LogP contribution in [0.1, 0.15) is 59.9 Å². The van der Waals surface area contributed by atoms with Crippen molar-refractivity contribution in [1.82, 2.24) is 10.2 Å². The summed E-state index contributed by atoms with van der Waals surface area (Å²) in [6.45, 7) is 10.6. The molecule has 2 saturated heterocycles. The van der Waals surface area contributed by atoms with Crippen LogP contribution in [0.2, 0.25) is 0 Å². The lowest BCUT2D eigenvalue weighted by molar-refractivity contribution is -0.193. The lowest BCUT2D eigenvalue weighted by atomic mass is 9.88. The predicted molar refractivity (Wildman–Crippen MR) is 157 cm³/mol. The number of nitrogens with zero attached hydrogens (tertiary/aromatic N) is 1. The second-order valence-electron chi connectivity index (χ2n) is 13.0. The summed E-state index contributed by atoms with van der Waals surface area (Å²) in [5.41, 5.74) is -2.45. The van der Waals surface area contributed by atoms with Gasteiger partial charge in [0, 0.05) is 19.9 Å². The molecule has 6 atom stereocenters. The van der Waals surface area contributed by atoms with E-state index in [1.165, 1.54) is 12.0 Å². The third-order valence-electron chi connectivity index (χ3n) is 7.15. The second kappa shape index (κ2) is 14.1. The van der Waals surface area contributed by atoms with Crippen LogP contribution >= 0.6 is 0 Å². The van der Waals surface area contributed by atoms with Crippen molar-refractivity contribution in [3.8, 4) is 0 Å². The van der Waals surface area contributed by atoms with E-state index in [2.05, 4.69) is 5.32 Å². The van der Waals surface area contributed by atoms with Crippen LogP contribution in [0.25, 0.3) is 0 Å². The van der Waals surface area contributed by atoms with E-state index in [1.807, 2.05) is 30.3 Å². The van der Waals surface area contributed by atoms with Crippen LogP contribution in [-0.4, -0.2) is 104 Å². The lowest BCUT2D eigenvalue weighted by Crippen LogP contribution is -2.61. The van der Waals surface area contributed by atoms with Gasteiger partial charge in [0.25, 0.3) is 0 Å². The molecule has 2 aliphatic rings. The van der Waals surface area contributed by atoms with E-state index >= 15 is 0 Å². The first kappa shape index (κ1) is 35.1. The third kappa shape index (κ3) is 9.05. The number of alkyl carbamates (subject to hydrolysis) is 1. The summed E-state index contributed by atoms with van der Waals surface area (Å²) in [5, 5.41) is 2.49. The number of benzene rings is 1. The van der Waals surface area contributed by atoms with E-state index in [4.69, 9.17) is 33.2 Å². The summed E-state index contributed by atoms with van der Waals surface area (Å²) in [7, 11) is 3.93. The number of likely N-dealkylation sites (N-methyl/N-ethyl adjacent to an activating group) is 1. The van der Waals surface area contributed by atoms with Gasteiger partial charge in [0.15, 0.2) is 5.60 Å². The number of amides is 2. The van der Waals surface area contributed by atoms with Crippen molar-refractivity contribution >= 4 is 24.1 Å². The Morgan fingerprint density at radius 3 is 2.20 bits per heavy atom. The van der Waals surface area contributed by atoms with Gasteiger partial charge < -0.3 is 43.4 Å². The minimum atomic E-state index is -1.75. The van der Waals surface area contributed by atoms with Gasteiger partial charge in [-0.3, -0.25) is 0 Å². The van der Waals surface area contributed by atoms with Gasteiger partial charge in [-0.25, -0.2) is 19.2 Å². The molecule has 13 nitrogen and oxygen atoms in total. The van der Waals surface area contributed by atoms with Gasteiger partial charge in [0.05, 0.1) is 39.6 Å². The highest BCUT2D eigenvalue weighted by Gasteiger charge is 2.60. The van der Waals surface area contributed by atoms with Crippen molar-refractivity contribution < 1.29 is 52.3 Å². The van der Waals surface area contributed by atoms with E-state index in [-0.39, 0.29) is 26.1 Å². The van der Waals surface area contributed by atoms with E-state index in [1.54, 1.807) is 48.6 Å². The van der Waals surface area contributed by atoms with Crippen LogP contribution in [0, 0.1) is 0 Å². The molecular formula is C31H46N2O11. The SMILES string of the molecule is COC(=O)[C@H](C[C@]1(C(=O)OC)C[C@H]2OC[C@@H](OCc3ccccc3)[C@@H](N(C)C(=O)OC(C)(C)C)[C@H]2O1)NC(=O)OC(C)(C)C.